The lowest BCUT2D eigenvalue weighted by Gasteiger charge is -2.06. The maximum Gasteiger partial charge on any atom is 0.251 e. The number of hydrogen-bond acceptors (Lipinski definition) is 4. The van der Waals surface area contributed by atoms with Crippen LogP contribution in [-0.2, 0) is 4.79 Å². The van der Waals surface area contributed by atoms with Gasteiger partial charge in [-0.15, -0.1) is 0 Å². The van der Waals surface area contributed by atoms with E-state index in [1.165, 1.54) is 36.5 Å². The van der Waals surface area contributed by atoms with Crippen LogP contribution in [0, 0.1) is 5.82 Å². The van der Waals surface area contributed by atoms with Crippen molar-refractivity contribution < 1.29 is 18.7 Å². The Bertz CT molecular complexity index is 1090. The molecule has 0 saturated heterocycles. The highest BCUT2D eigenvalue weighted by molar-refractivity contribution is 6.02. The number of nitrogens with one attached hydrogen (secondary N) is 2. The van der Waals surface area contributed by atoms with Gasteiger partial charge in [0.25, 0.3) is 5.91 Å². The number of ether oxygens (including phenoxy) is 1. The van der Waals surface area contributed by atoms with E-state index in [-0.39, 0.29) is 17.6 Å². The topological polar surface area (TPSA) is 80.3 Å². The zero-order chi connectivity index (χ0) is 21.6. The highest BCUT2D eigenvalue weighted by atomic mass is 19.1. The van der Waals surface area contributed by atoms with E-state index in [4.69, 9.17) is 4.74 Å². The molecule has 7 heteroatoms. The average Bonchev–Trinajstić information content (AvgIpc) is 3.59. The molecule has 1 heterocycles. The van der Waals surface area contributed by atoms with Crippen molar-refractivity contribution in [2.75, 3.05) is 5.32 Å². The van der Waals surface area contributed by atoms with Crippen LogP contribution in [-0.4, -0.2) is 22.8 Å². The molecule has 6 nitrogen and oxygen atoms in total. The Kier molecular flexibility index (Phi) is 6.03. The summed E-state index contributed by atoms with van der Waals surface area (Å²) in [6, 6.07) is 16.2. The molecular weight excluding hydrogens is 397 g/mol. The SMILES string of the molecule is O=C(/C=C/c1ccc(C(=O)NC2CC2)cc1)Nc1ccc(Oc2ccc(F)cc2)nc1. The van der Waals surface area contributed by atoms with Crippen molar-refractivity contribution in [1.82, 2.24) is 10.3 Å². The monoisotopic (exact) mass is 417 g/mol. The molecule has 2 amide bonds. The molecule has 31 heavy (non-hydrogen) atoms. The minimum Gasteiger partial charge on any atom is -0.439 e. The van der Waals surface area contributed by atoms with Gasteiger partial charge in [-0.1, -0.05) is 12.1 Å². The fourth-order valence-electron chi connectivity index (χ4n) is 2.74. The summed E-state index contributed by atoms with van der Waals surface area (Å²) in [6.07, 6.45) is 6.62. The molecule has 2 N–H and O–H groups in total. The Hall–Kier alpha value is -4.00. The van der Waals surface area contributed by atoms with Crippen LogP contribution in [0.25, 0.3) is 6.08 Å². The summed E-state index contributed by atoms with van der Waals surface area (Å²) < 4.78 is 18.4. The number of carbonyl (C=O) groups excluding carboxylic acids is 2. The van der Waals surface area contributed by atoms with Crippen LogP contribution in [0.1, 0.15) is 28.8 Å². The number of amides is 2. The van der Waals surface area contributed by atoms with E-state index in [1.54, 1.807) is 42.5 Å². The van der Waals surface area contributed by atoms with Crippen molar-refractivity contribution in [3.8, 4) is 11.6 Å². The lowest BCUT2D eigenvalue weighted by atomic mass is 10.1. The van der Waals surface area contributed by atoms with Gasteiger partial charge in [-0.05, 0) is 66.9 Å². The average molecular weight is 417 g/mol. The normalized spacial score (nSPS) is 13.1. The number of pyridine rings is 1. The second kappa shape index (κ2) is 9.21. The van der Waals surface area contributed by atoms with Gasteiger partial charge >= 0.3 is 0 Å². The molecule has 0 unspecified atom stereocenters. The number of hydrogen-bond donors (Lipinski definition) is 2. The van der Waals surface area contributed by atoms with E-state index in [2.05, 4.69) is 15.6 Å². The van der Waals surface area contributed by atoms with Crippen LogP contribution in [0.15, 0.2) is 72.9 Å². The number of anilines is 1. The van der Waals surface area contributed by atoms with Crippen LogP contribution in [0.3, 0.4) is 0 Å². The van der Waals surface area contributed by atoms with Crippen LogP contribution in [0.4, 0.5) is 10.1 Å². The largest absolute Gasteiger partial charge is 0.439 e. The fourth-order valence-corrected chi connectivity index (χ4v) is 2.74. The van der Waals surface area contributed by atoms with Gasteiger partial charge < -0.3 is 15.4 Å². The molecule has 0 aliphatic heterocycles. The molecule has 1 aromatic heterocycles. The van der Waals surface area contributed by atoms with E-state index in [0.717, 1.165) is 18.4 Å². The van der Waals surface area contributed by atoms with Gasteiger partial charge in [-0.25, -0.2) is 9.37 Å². The van der Waals surface area contributed by atoms with Crippen molar-refractivity contribution in [2.24, 2.45) is 0 Å². The summed E-state index contributed by atoms with van der Waals surface area (Å²) in [7, 11) is 0. The standard InChI is InChI=1S/C24H20FN3O3/c25-18-6-11-21(12-7-18)31-23-14-10-20(15-26-23)27-22(29)13-3-16-1-4-17(5-2-16)24(30)28-19-8-9-19/h1-7,10-15,19H,8-9H2,(H,27,29)(H,28,30)/b13-3+. The predicted molar refractivity (Wildman–Crippen MR) is 115 cm³/mol. The van der Waals surface area contributed by atoms with Crippen LogP contribution >= 0.6 is 0 Å². The third kappa shape index (κ3) is 5.99. The van der Waals surface area contributed by atoms with E-state index in [1.807, 2.05) is 0 Å². The Morgan fingerprint density at radius 3 is 2.39 bits per heavy atom. The molecule has 1 aliphatic carbocycles. The smallest absolute Gasteiger partial charge is 0.251 e. The molecule has 2 aromatic carbocycles. The number of rotatable bonds is 7. The summed E-state index contributed by atoms with van der Waals surface area (Å²) in [5.41, 5.74) is 1.91. The van der Waals surface area contributed by atoms with Crippen molar-refractivity contribution in [2.45, 2.75) is 18.9 Å². The Balaban J connectivity index is 1.29. The predicted octanol–water partition coefficient (Wildman–Crippen LogP) is 4.56. The summed E-state index contributed by atoms with van der Waals surface area (Å²) >= 11 is 0. The van der Waals surface area contributed by atoms with Crippen LogP contribution in [0.5, 0.6) is 11.6 Å². The Morgan fingerprint density at radius 1 is 1.00 bits per heavy atom. The maximum absolute atomic E-state index is 12.9. The lowest BCUT2D eigenvalue weighted by molar-refractivity contribution is -0.111. The van der Waals surface area contributed by atoms with Crippen LogP contribution < -0.4 is 15.4 Å². The van der Waals surface area contributed by atoms with Gasteiger partial charge in [0.2, 0.25) is 11.8 Å². The van der Waals surface area contributed by atoms with Gasteiger partial charge in [-0.3, -0.25) is 9.59 Å². The third-order valence-electron chi connectivity index (χ3n) is 4.55. The third-order valence-corrected chi connectivity index (χ3v) is 4.55. The molecule has 3 aromatic rings. The van der Waals surface area contributed by atoms with Gasteiger partial charge in [0.15, 0.2) is 0 Å². The van der Waals surface area contributed by atoms with E-state index >= 15 is 0 Å². The first-order valence-corrected chi connectivity index (χ1v) is 9.85. The molecule has 156 valence electrons. The number of aromatic nitrogens is 1. The molecule has 0 atom stereocenters. The number of nitrogens with zero attached hydrogens (tertiary/aromatic N) is 1. The van der Waals surface area contributed by atoms with E-state index in [0.29, 0.717) is 28.9 Å². The molecular formula is C24H20FN3O3. The highest BCUT2D eigenvalue weighted by Gasteiger charge is 2.23. The van der Waals surface area contributed by atoms with Crippen molar-refractivity contribution >= 4 is 23.6 Å². The summed E-state index contributed by atoms with van der Waals surface area (Å²) in [4.78, 5) is 28.3. The molecule has 0 radical (unpaired) electrons. The summed E-state index contributed by atoms with van der Waals surface area (Å²) in [5.74, 6) is 0.0525. The Morgan fingerprint density at radius 2 is 1.74 bits per heavy atom. The molecule has 4 rings (SSSR count). The molecule has 1 fully saturated rings. The van der Waals surface area contributed by atoms with Gasteiger partial charge in [-0.2, -0.15) is 0 Å². The quantitative estimate of drug-likeness (QED) is 0.553. The lowest BCUT2D eigenvalue weighted by Crippen LogP contribution is -2.25. The number of benzene rings is 2. The van der Waals surface area contributed by atoms with Crippen molar-refractivity contribution in [3.63, 3.8) is 0 Å². The van der Waals surface area contributed by atoms with Gasteiger partial charge in [0.05, 0.1) is 11.9 Å². The van der Waals surface area contributed by atoms with Crippen LogP contribution in [0.2, 0.25) is 0 Å². The van der Waals surface area contributed by atoms with E-state index in [9.17, 15) is 14.0 Å². The maximum atomic E-state index is 12.9. The number of carbonyl (C=O) groups is 2. The molecule has 0 spiro atoms. The second-order valence-corrected chi connectivity index (χ2v) is 7.13. The minimum atomic E-state index is -0.346. The number of halogens is 1. The molecule has 1 aliphatic rings. The zero-order valence-corrected chi connectivity index (χ0v) is 16.5. The first-order chi connectivity index (χ1) is 15.0. The highest BCUT2D eigenvalue weighted by Crippen LogP contribution is 2.21. The Labute approximate surface area is 178 Å². The molecule has 0 bridgehead atoms. The zero-order valence-electron chi connectivity index (χ0n) is 16.5. The summed E-state index contributed by atoms with van der Waals surface area (Å²) in [5, 5.41) is 5.65. The van der Waals surface area contributed by atoms with Gasteiger partial charge in [0, 0.05) is 23.7 Å². The minimum absolute atomic E-state index is 0.0740. The van der Waals surface area contributed by atoms with E-state index < -0.39 is 0 Å². The van der Waals surface area contributed by atoms with Crippen molar-refractivity contribution in [1.29, 1.82) is 0 Å². The van der Waals surface area contributed by atoms with Crippen molar-refractivity contribution in [3.05, 3.63) is 89.9 Å². The molecule has 1 saturated carbocycles. The summed E-state index contributed by atoms with van der Waals surface area (Å²) in [6.45, 7) is 0. The second-order valence-electron chi connectivity index (χ2n) is 7.13. The first-order valence-electron chi connectivity index (χ1n) is 9.85. The first kappa shape index (κ1) is 20.3. The van der Waals surface area contributed by atoms with Gasteiger partial charge in [0.1, 0.15) is 11.6 Å². The fraction of sp³-hybridized carbons (Fsp3) is 0.125.